The molecule has 2 rings (SSSR count). The first kappa shape index (κ1) is 16.1. The van der Waals surface area contributed by atoms with Crippen LogP contribution in [0.1, 0.15) is 32.1 Å². The Balaban J connectivity index is 2.34. The molecule has 5 nitrogen and oxygen atoms in total. The minimum absolute atomic E-state index is 0.00131. The molecule has 0 unspecified atom stereocenters. The fraction of sp³-hybridized carbons (Fsp3) is 0.312. The number of sulfonamides is 1. The summed E-state index contributed by atoms with van der Waals surface area (Å²) in [7, 11) is -2.36. The molecule has 2 aromatic rings. The first-order valence-electron chi connectivity index (χ1n) is 6.75. The maximum Gasteiger partial charge on any atom is 0.297 e. The van der Waals surface area contributed by atoms with Gasteiger partial charge in [0.25, 0.3) is 10.0 Å². The number of hydrogen-bond donors (Lipinski definition) is 0. The highest BCUT2D eigenvalue weighted by molar-refractivity contribution is 7.92. The van der Waals surface area contributed by atoms with E-state index in [-0.39, 0.29) is 16.3 Å². The second-order valence-electron chi connectivity index (χ2n) is 6.00. The number of rotatable bonds is 3. The molecule has 0 saturated heterocycles. The van der Waals surface area contributed by atoms with Gasteiger partial charge in [-0.3, -0.25) is 4.31 Å². The predicted molar refractivity (Wildman–Crippen MR) is 84.2 cm³/mol. The summed E-state index contributed by atoms with van der Waals surface area (Å²) < 4.78 is 31.1. The van der Waals surface area contributed by atoms with Crippen LogP contribution in [0.4, 0.5) is 5.69 Å². The van der Waals surface area contributed by atoms with Crippen LogP contribution >= 0.6 is 0 Å². The van der Waals surface area contributed by atoms with Gasteiger partial charge in [-0.15, -0.1) is 0 Å². The fourth-order valence-corrected chi connectivity index (χ4v) is 3.07. The van der Waals surface area contributed by atoms with Crippen LogP contribution in [0.25, 0.3) is 0 Å². The monoisotopic (exact) mass is 318 g/mol. The van der Waals surface area contributed by atoms with E-state index < -0.39 is 10.0 Å². The molecule has 116 valence electrons. The lowest BCUT2D eigenvalue weighted by molar-refractivity contribution is 0.440. The van der Waals surface area contributed by atoms with Crippen molar-refractivity contribution in [1.82, 2.24) is 0 Å². The maximum absolute atomic E-state index is 12.5. The molecule has 0 aliphatic carbocycles. The second-order valence-corrected chi connectivity index (χ2v) is 7.90. The predicted octanol–water partition coefficient (Wildman–Crippen LogP) is 3.27. The fourth-order valence-electron chi connectivity index (χ4n) is 1.96. The summed E-state index contributed by atoms with van der Waals surface area (Å²) in [5, 5.41) is 8.48. The van der Waals surface area contributed by atoms with E-state index in [9.17, 15) is 8.42 Å². The van der Waals surface area contributed by atoms with Crippen molar-refractivity contribution in [2.75, 3.05) is 11.4 Å². The minimum atomic E-state index is -3.81. The lowest BCUT2D eigenvalue weighted by atomic mass is 9.87. The molecule has 0 N–H and O–H groups in total. The summed E-state index contributed by atoms with van der Waals surface area (Å²) >= 11 is 0. The molecule has 1 heterocycles. The Morgan fingerprint density at radius 3 is 2.14 bits per heavy atom. The lowest BCUT2D eigenvalue weighted by Crippen LogP contribution is -2.26. The number of nitriles is 1. The van der Waals surface area contributed by atoms with E-state index in [1.807, 2.05) is 12.1 Å². The normalized spacial score (nSPS) is 12.0. The van der Waals surface area contributed by atoms with E-state index in [1.165, 1.54) is 19.2 Å². The SMILES string of the molecule is CN(c1ccc(C(C)(C)C)cc1)S(=O)(=O)c1ccc(C#N)o1. The van der Waals surface area contributed by atoms with Gasteiger partial charge in [0.05, 0.1) is 5.69 Å². The Kier molecular flexibility index (Phi) is 4.03. The van der Waals surface area contributed by atoms with E-state index in [0.717, 1.165) is 9.87 Å². The molecule has 0 saturated carbocycles. The standard InChI is InChI=1S/C16H18N2O3S/c1-16(2,3)12-5-7-13(8-6-12)18(4)22(19,20)15-10-9-14(11-17)21-15/h5-10H,1-4H3. The third kappa shape index (κ3) is 3.00. The average molecular weight is 318 g/mol. The average Bonchev–Trinajstić information content (AvgIpc) is 2.95. The van der Waals surface area contributed by atoms with Crippen molar-refractivity contribution in [1.29, 1.82) is 5.26 Å². The van der Waals surface area contributed by atoms with Gasteiger partial charge in [-0.25, -0.2) is 0 Å². The highest BCUT2D eigenvalue weighted by atomic mass is 32.2. The van der Waals surface area contributed by atoms with Crippen LogP contribution in [0.15, 0.2) is 45.9 Å². The molecule has 6 heteroatoms. The molecule has 0 fully saturated rings. The third-order valence-corrected chi connectivity index (χ3v) is 5.06. The summed E-state index contributed by atoms with van der Waals surface area (Å²) in [5.41, 5.74) is 1.65. The van der Waals surface area contributed by atoms with Crippen LogP contribution < -0.4 is 4.31 Å². The van der Waals surface area contributed by atoms with Gasteiger partial charge in [0.2, 0.25) is 10.9 Å². The van der Waals surface area contributed by atoms with Crippen LogP contribution in [0.5, 0.6) is 0 Å². The smallest absolute Gasteiger partial charge is 0.297 e. The van der Waals surface area contributed by atoms with Crippen molar-refractivity contribution in [3.8, 4) is 6.07 Å². The number of hydrogen-bond acceptors (Lipinski definition) is 4. The Bertz CT molecular complexity index is 806. The van der Waals surface area contributed by atoms with Gasteiger partial charge in [-0.05, 0) is 35.2 Å². The second kappa shape index (κ2) is 5.50. The Labute approximate surface area is 130 Å². The first-order chi connectivity index (χ1) is 10.2. The molecule has 22 heavy (non-hydrogen) atoms. The maximum atomic E-state index is 12.5. The van der Waals surface area contributed by atoms with Gasteiger partial charge >= 0.3 is 0 Å². The van der Waals surface area contributed by atoms with Crippen molar-refractivity contribution in [2.24, 2.45) is 0 Å². The molecule has 0 amide bonds. The van der Waals surface area contributed by atoms with Crippen molar-refractivity contribution in [2.45, 2.75) is 31.3 Å². The van der Waals surface area contributed by atoms with Gasteiger partial charge in [0, 0.05) is 7.05 Å². The van der Waals surface area contributed by atoms with Crippen LogP contribution in [0, 0.1) is 11.3 Å². The summed E-state index contributed by atoms with van der Waals surface area (Å²) in [5.74, 6) is -0.0324. The Hall–Kier alpha value is -2.26. The van der Waals surface area contributed by atoms with Gasteiger partial charge < -0.3 is 4.42 Å². The van der Waals surface area contributed by atoms with E-state index in [2.05, 4.69) is 20.8 Å². The topological polar surface area (TPSA) is 74.3 Å². The Morgan fingerprint density at radius 2 is 1.68 bits per heavy atom. The number of furan rings is 1. The number of benzene rings is 1. The summed E-state index contributed by atoms with van der Waals surface area (Å²) in [6.45, 7) is 6.28. The van der Waals surface area contributed by atoms with Crippen molar-refractivity contribution < 1.29 is 12.8 Å². The van der Waals surface area contributed by atoms with E-state index in [0.29, 0.717) is 5.69 Å². The van der Waals surface area contributed by atoms with Crippen LogP contribution in [-0.2, 0) is 15.4 Å². The van der Waals surface area contributed by atoms with Crippen molar-refractivity contribution in [3.63, 3.8) is 0 Å². The van der Waals surface area contributed by atoms with Gasteiger partial charge in [-0.1, -0.05) is 32.9 Å². The van der Waals surface area contributed by atoms with Crippen LogP contribution in [0.3, 0.4) is 0 Å². The molecule has 1 aromatic carbocycles. The van der Waals surface area contributed by atoms with E-state index >= 15 is 0 Å². The molecule has 0 bridgehead atoms. The van der Waals surface area contributed by atoms with Gasteiger partial charge in [-0.2, -0.15) is 13.7 Å². The molecule has 0 spiro atoms. The van der Waals surface area contributed by atoms with Crippen LogP contribution in [-0.4, -0.2) is 15.5 Å². The van der Waals surface area contributed by atoms with Crippen molar-refractivity contribution >= 4 is 15.7 Å². The van der Waals surface area contributed by atoms with Crippen LogP contribution in [0.2, 0.25) is 0 Å². The zero-order valence-electron chi connectivity index (χ0n) is 13.0. The molecular weight excluding hydrogens is 300 g/mol. The third-order valence-electron chi connectivity index (χ3n) is 3.40. The lowest BCUT2D eigenvalue weighted by Gasteiger charge is -2.22. The molecule has 0 radical (unpaired) electrons. The molecule has 0 aliphatic rings. The first-order valence-corrected chi connectivity index (χ1v) is 8.19. The summed E-state index contributed by atoms with van der Waals surface area (Å²) in [4.78, 5) is 0. The van der Waals surface area contributed by atoms with Crippen molar-refractivity contribution in [3.05, 3.63) is 47.7 Å². The molecule has 0 atom stereocenters. The minimum Gasteiger partial charge on any atom is -0.432 e. The number of nitrogens with zero attached hydrogens (tertiary/aromatic N) is 2. The zero-order valence-corrected chi connectivity index (χ0v) is 13.8. The largest absolute Gasteiger partial charge is 0.432 e. The van der Waals surface area contributed by atoms with E-state index in [1.54, 1.807) is 18.2 Å². The summed E-state index contributed by atoms with van der Waals surface area (Å²) in [6, 6.07) is 11.7. The van der Waals surface area contributed by atoms with Gasteiger partial charge in [0.1, 0.15) is 6.07 Å². The Morgan fingerprint density at radius 1 is 1.09 bits per heavy atom. The molecular formula is C16H18N2O3S. The van der Waals surface area contributed by atoms with E-state index in [4.69, 9.17) is 9.68 Å². The molecule has 0 aliphatic heterocycles. The zero-order chi connectivity index (χ0) is 16.5. The highest BCUT2D eigenvalue weighted by Gasteiger charge is 2.25. The number of anilines is 1. The summed E-state index contributed by atoms with van der Waals surface area (Å²) in [6.07, 6.45) is 0. The quantitative estimate of drug-likeness (QED) is 0.870. The highest BCUT2D eigenvalue weighted by Crippen LogP contribution is 2.27. The van der Waals surface area contributed by atoms with Gasteiger partial charge in [0.15, 0.2) is 0 Å². The molecule has 1 aromatic heterocycles.